The van der Waals surface area contributed by atoms with Crippen molar-refractivity contribution in [3.05, 3.63) is 58.6 Å². The van der Waals surface area contributed by atoms with E-state index in [1.807, 2.05) is 54.8 Å². The fraction of sp³-hybridized carbons (Fsp3) is 0.0667. The molecule has 0 fully saturated rings. The zero-order valence-corrected chi connectivity index (χ0v) is 12.4. The van der Waals surface area contributed by atoms with Gasteiger partial charge in [-0.25, -0.2) is 9.97 Å². The van der Waals surface area contributed by atoms with E-state index in [4.69, 9.17) is 11.6 Å². The Bertz CT molecular complexity index is 739. The number of rotatable bonds is 3. The highest BCUT2D eigenvalue weighted by Crippen LogP contribution is 2.28. The minimum absolute atomic E-state index is 0.713. The largest absolute Gasteiger partial charge is 0.316 e. The highest BCUT2D eigenvalue weighted by Gasteiger charge is 2.05. The number of nitrogens with one attached hydrogen (secondary N) is 1. The summed E-state index contributed by atoms with van der Waals surface area (Å²) in [6, 6.07) is 13.5. The van der Waals surface area contributed by atoms with Crippen molar-refractivity contribution >= 4 is 33.9 Å². The molecule has 3 rings (SSSR count). The second-order valence-electron chi connectivity index (χ2n) is 4.34. The zero-order valence-electron chi connectivity index (χ0n) is 10.8. The standard InChI is InChI=1S/C15H12ClN3S/c1-10-4-2-7-14(17-10)19-15-18-13(9-20-15)11-5-3-6-12(16)8-11/h2-9H,1H3,(H,17,18,19). The zero-order chi connectivity index (χ0) is 13.9. The van der Waals surface area contributed by atoms with Gasteiger partial charge in [0.25, 0.3) is 0 Å². The SMILES string of the molecule is Cc1cccc(Nc2nc(-c3cccc(Cl)c3)cs2)n1. The third-order valence-electron chi connectivity index (χ3n) is 2.75. The Kier molecular flexibility index (Phi) is 3.67. The Morgan fingerprint density at radius 2 is 1.95 bits per heavy atom. The first-order chi connectivity index (χ1) is 9.70. The lowest BCUT2D eigenvalue weighted by atomic mass is 10.2. The minimum atomic E-state index is 0.713. The molecule has 2 heterocycles. The molecule has 0 spiro atoms. The Morgan fingerprint density at radius 3 is 2.75 bits per heavy atom. The predicted octanol–water partition coefficient (Wildman–Crippen LogP) is 4.91. The van der Waals surface area contributed by atoms with Crippen molar-refractivity contribution in [2.45, 2.75) is 6.92 Å². The summed E-state index contributed by atoms with van der Waals surface area (Å²) in [6.07, 6.45) is 0. The van der Waals surface area contributed by atoms with Gasteiger partial charge < -0.3 is 5.32 Å². The molecule has 3 aromatic rings. The van der Waals surface area contributed by atoms with Crippen LogP contribution in [0.3, 0.4) is 0 Å². The lowest BCUT2D eigenvalue weighted by Gasteiger charge is -2.02. The second kappa shape index (κ2) is 5.61. The van der Waals surface area contributed by atoms with E-state index < -0.39 is 0 Å². The Hall–Kier alpha value is -1.91. The van der Waals surface area contributed by atoms with Gasteiger partial charge in [0.15, 0.2) is 5.13 Å². The van der Waals surface area contributed by atoms with E-state index in [1.165, 1.54) is 0 Å². The maximum absolute atomic E-state index is 6.00. The number of hydrogen-bond acceptors (Lipinski definition) is 4. The van der Waals surface area contributed by atoms with Crippen molar-refractivity contribution in [2.75, 3.05) is 5.32 Å². The highest BCUT2D eigenvalue weighted by molar-refractivity contribution is 7.14. The monoisotopic (exact) mass is 301 g/mol. The van der Waals surface area contributed by atoms with Crippen molar-refractivity contribution in [3.63, 3.8) is 0 Å². The van der Waals surface area contributed by atoms with Crippen LogP contribution in [0.4, 0.5) is 10.9 Å². The quantitative estimate of drug-likeness (QED) is 0.747. The van der Waals surface area contributed by atoms with Gasteiger partial charge in [-0.1, -0.05) is 29.8 Å². The molecule has 1 N–H and O–H groups in total. The molecule has 0 unspecified atom stereocenters. The number of pyridine rings is 1. The summed E-state index contributed by atoms with van der Waals surface area (Å²) in [6.45, 7) is 1.96. The Morgan fingerprint density at radius 1 is 1.10 bits per heavy atom. The molecule has 20 heavy (non-hydrogen) atoms. The second-order valence-corrected chi connectivity index (χ2v) is 5.63. The molecule has 0 amide bonds. The molecule has 0 atom stereocenters. The normalized spacial score (nSPS) is 10.5. The number of aromatic nitrogens is 2. The van der Waals surface area contributed by atoms with Crippen molar-refractivity contribution in [3.8, 4) is 11.3 Å². The third-order valence-corrected chi connectivity index (χ3v) is 3.74. The summed E-state index contributed by atoms with van der Waals surface area (Å²) >= 11 is 7.54. The number of hydrogen-bond donors (Lipinski definition) is 1. The summed E-state index contributed by atoms with van der Waals surface area (Å²) in [7, 11) is 0. The van der Waals surface area contributed by atoms with Crippen LogP contribution in [0.15, 0.2) is 47.8 Å². The highest BCUT2D eigenvalue weighted by atomic mass is 35.5. The van der Waals surface area contributed by atoms with Crippen molar-refractivity contribution in [1.29, 1.82) is 0 Å². The number of anilines is 2. The first kappa shape index (κ1) is 13.1. The van der Waals surface area contributed by atoms with Crippen LogP contribution in [0.2, 0.25) is 5.02 Å². The molecule has 0 aliphatic heterocycles. The van der Waals surface area contributed by atoms with Crippen LogP contribution < -0.4 is 5.32 Å². The van der Waals surface area contributed by atoms with Crippen molar-refractivity contribution < 1.29 is 0 Å². The Balaban J connectivity index is 1.84. The lowest BCUT2D eigenvalue weighted by molar-refractivity contribution is 1.19. The van der Waals surface area contributed by atoms with Gasteiger partial charge in [-0.05, 0) is 31.2 Å². The predicted molar refractivity (Wildman–Crippen MR) is 84.8 cm³/mol. The van der Waals surface area contributed by atoms with Crippen LogP contribution in [-0.4, -0.2) is 9.97 Å². The minimum Gasteiger partial charge on any atom is -0.316 e. The van der Waals surface area contributed by atoms with E-state index in [1.54, 1.807) is 11.3 Å². The summed E-state index contributed by atoms with van der Waals surface area (Å²) in [5.41, 5.74) is 2.90. The van der Waals surface area contributed by atoms with Crippen LogP contribution in [0, 0.1) is 6.92 Å². The summed E-state index contributed by atoms with van der Waals surface area (Å²) in [5, 5.41) is 6.75. The molecular weight excluding hydrogens is 290 g/mol. The molecule has 0 bridgehead atoms. The number of thiazole rings is 1. The third kappa shape index (κ3) is 2.98. The van der Waals surface area contributed by atoms with E-state index in [0.29, 0.717) is 5.02 Å². The maximum atomic E-state index is 6.00. The van der Waals surface area contributed by atoms with Gasteiger partial charge in [-0.2, -0.15) is 0 Å². The van der Waals surface area contributed by atoms with Crippen LogP contribution in [-0.2, 0) is 0 Å². The van der Waals surface area contributed by atoms with Crippen LogP contribution in [0.25, 0.3) is 11.3 Å². The summed E-state index contributed by atoms with van der Waals surface area (Å²) < 4.78 is 0. The smallest absolute Gasteiger partial charge is 0.188 e. The van der Waals surface area contributed by atoms with Gasteiger partial charge in [0, 0.05) is 21.7 Å². The van der Waals surface area contributed by atoms with Gasteiger partial charge >= 0.3 is 0 Å². The molecule has 2 aromatic heterocycles. The lowest BCUT2D eigenvalue weighted by Crippen LogP contribution is -1.93. The molecule has 5 heteroatoms. The van der Waals surface area contributed by atoms with E-state index >= 15 is 0 Å². The van der Waals surface area contributed by atoms with Gasteiger partial charge in [0.1, 0.15) is 5.82 Å². The first-order valence-corrected chi connectivity index (χ1v) is 7.38. The van der Waals surface area contributed by atoms with Crippen LogP contribution >= 0.6 is 22.9 Å². The maximum Gasteiger partial charge on any atom is 0.188 e. The van der Waals surface area contributed by atoms with Crippen LogP contribution in [0.1, 0.15) is 5.69 Å². The molecule has 0 saturated carbocycles. The molecule has 100 valence electrons. The first-order valence-electron chi connectivity index (χ1n) is 6.13. The molecule has 0 saturated heterocycles. The topological polar surface area (TPSA) is 37.8 Å². The summed E-state index contributed by atoms with van der Waals surface area (Å²) in [5.74, 6) is 0.803. The van der Waals surface area contributed by atoms with Crippen molar-refractivity contribution in [1.82, 2.24) is 9.97 Å². The molecular formula is C15H12ClN3S. The van der Waals surface area contributed by atoms with E-state index in [0.717, 1.165) is 27.9 Å². The van der Waals surface area contributed by atoms with Crippen LogP contribution in [0.5, 0.6) is 0 Å². The molecule has 0 radical (unpaired) electrons. The Labute approximate surface area is 126 Å². The van der Waals surface area contributed by atoms with E-state index in [-0.39, 0.29) is 0 Å². The summed E-state index contributed by atoms with van der Waals surface area (Å²) in [4.78, 5) is 8.95. The molecule has 1 aromatic carbocycles. The number of benzene rings is 1. The van der Waals surface area contributed by atoms with E-state index in [2.05, 4.69) is 15.3 Å². The van der Waals surface area contributed by atoms with Gasteiger partial charge in [0.2, 0.25) is 0 Å². The fourth-order valence-electron chi connectivity index (χ4n) is 1.83. The number of halogens is 1. The molecule has 0 aliphatic carbocycles. The van der Waals surface area contributed by atoms with Crippen molar-refractivity contribution in [2.24, 2.45) is 0 Å². The fourth-order valence-corrected chi connectivity index (χ4v) is 2.75. The van der Waals surface area contributed by atoms with Gasteiger partial charge in [-0.3, -0.25) is 0 Å². The average Bonchev–Trinajstić information content (AvgIpc) is 2.87. The number of aryl methyl sites for hydroxylation is 1. The van der Waals surface area contributed by atoms with Gasteiger partial charge in [-0.15, -0.1) is 11.3 Å². The van der Waals surface area contributed by atoms with E-state index in [9.17, 15) is 0 Å². The average molecular weight is 302 g/mol. The van der Waals surface area contributed by atoms with Gasteiger partial charge in [0.05, 0.1) is 5.69 Å². The molecule has 3 nitrogen and oxygen atoms in total. The number of nitrogens with zero attached hydrogens (tertiary/aromatic N) is 2. The molecule has 0 aliphatic rings.